The van der Waals surface area contributed by atoms with Gasteiger partial charge in [-0.05, 0) is 35.7 Å². The van der Waals surface area contributed by atoms with E-state index < -0.39 is 6.04 Å². The first-order valence-corrected chi connectivity index (χ1v) is 8.28. The molecule has 0 saturated heterocycles. The number of nitrogens with two attached hydrogens (primary N) is 1. The number of anilines is 2. The van der Waals surface area contributed by atoms with E-state index in [-0.39, 0.29) is 35.2 Å². The summed E-state index contributed by atoms with van der Waals surface area (Å²) in [6.07, 6.45) is 0. The molecule has 0 aliphatic rings. The molecule has 0 bridgehead atoms. The van der Waals surface area contributed by atoms with Crippen LogP contribution in [0.15, 0.2) is 48.5 Å². The van der Waals surface area contributed by atoms with E-state index >= 15 is 0 Å². The molecule has 0 saturated carbocycles. The summed E-state index contributed by atoms with van der Waals surface area (Å²) in [4.78, 5) is 24.7. The van der Waals surface area contributed by atoms with Gasteiger partial charge in [-0.15, -0.1) is 12.4 Å². The number of hydrogen-bond donors (Lipinski definition) is 3. The fraction of sp³-hybridized carbons (Fsp3) is 0.263. The van der Waals surface area contributed by atoms with Crippen molar-refractivity contribution < 1.29 is 9.59 Å². The zero-order chi connectivity index (χ0) is 18.6. The maximum Gasteiger partial charge on any atom is 0.257 e. The summed E-state index contributed by atoms with van der Waals surface area (Å²) in [5.74, 6) is -0.670. The van der Waals surface area contributed by atoms with Crippen LogP contribution in [-0.4, -0.2) is 17.9 Å². The van der Waals surface area contributed by atoms with E-state index in [0.29, 0.717) is 16.4 Å². The maximum absolute atomic E-state index is 12.4. The van der Waals surface area contributed by atoms with Gasteiger partial charge in [0.1, 0.15) is 0 Å². The van der Waals surface area contributed by atoms with E-state index in [9.17, 15) is 9.59 Å². The second kappa shape index (κ2) is 9.03. The van der Waals surface area contributed by atoms with E-state index in [4.69, 9.17) is 17.3 Å². The third-order valence-corrected chi connectivity index (χ3v) is 4.06. The molecular weight excluding hydrogens is 373 g/mol. The second-order valence-corrected chi connectivity index (χ2v) is 7.25. The number of carbonyl (C=O) groups is 2. The highest BCUT2D eigenvalue weighted by Crippen LogP contribution is 2.23. The van der Waals surface area contributed by atoms with Crippen molar-refractivity contribution in [2.75, 3.05) is 10.6 Å². The van der Waals surface area contributed by atoms with Gasteiger partial charge in [-0.1, -0.05) is 50.6 Å². The Kier molecular flexibility index (Phi) is 7.63. The quantitative estimate of drug-likeness (QED) is 0.720. The topological polar surface area (TPSA) is 84.2 Å². The molecule has 7 heteroatoms. The summed E-state index contributed by atoms with van der Waals surface area (Å²) in [5, 5.41) is 5.80. The minimum absolute atomic E-state index is 0. The summed E-state index contributed by atoms with van der Waals surface area (Å²) in [6, 6.07) is 13.1. The maximum atomic E-state index is 12.4. The summed E-state index contributed by atoms with van der Waals surface area (Å²) < 4.78 is 0. The summed E-state index contributed by atoms with van der Waals surface area (Å²) in [5.41, 5.74) is 6.98. The molecule has 0 radical (unpaired) electrons. The van der Waals surface area contributed by atoms with Crippen LogP contribution in [0.2, 0.25) is 5.02 Å². The Morgan fingerprint density at radius 1 is 1.00 bits per heavy atom. The summed E-state index contributed by atoms with van der Waals surface area (Å²) >= 11 is 6.13. The van der Waals surface area contributed by atoms with Crippen LogP contribution >= 0.6 is 24.0 Å². The summed E-state index contributed by atoms with van der Waals surface area (Å²) in [7, 11) is 0. The fourth-order valence-corrected chi connectivity index (χ4v) is 2.31. The Morgan fingerprint density at radius 3 is 2.19 bits per heavy atom. The lowest BCUT2D eigenvalue weighted by Gasteiger charge is -2.25. The van der Waals surface area contributed by atoms with Crippen molar-refractivity contribution in [3.63, 3.8) is 0 Å². The van der Waals surface area contributed by atoms with Gasteiger partial charge in [-0.3, -0.25) is 9.59 Å². The van der Waals surface area contributed by atoms with Crippen LogP contribution in [-0.2, 0) is 4.79 Å². The van der Waals surface area contributed by atoms with Gasteiger partial charge in [0.05, 0.1) is 16.6 Å². The van der Waals surface area contributed by atoms with Crippen molar-refractivity contribution in [2.24, 2.45) is 11.1 Å². The molecule has 0 aliphatic heterocycles. The average Bonchev–Trinajstić information content (AvgIpc) is 2.55. The minimum atomic E-state index is -0.676. The first-order valence-electron chi connectivity index (χ1n) is 7.91. The van der Waals surface area contributed by atoms with E-state index in [1.807, 2.05) is 39.0 Å². The van der Waals surface area contributed by atoms with Gasteiger partial charge < -0.3 is 16.4 Å². The predicted molar refractivity (Wildman–Crippen MR) is 109 cm³/mol. The van der Waals surface area contributed by atoms with Crippen LogP contribution in [0.4, 0.5) is 11.4 Å². The van der Waals surface area contributed by atoms with Gasteiger partial charge in [0, 0.05) is 11.4 Å². The van der Waals surface area contributed by atoms with Crippen molar-refractivity contribution in [1.29, 1.82) is 0 Å². The molecule has 2 aromatic rings. The van der Waals surface area contributed by atoms with E-state index in [0.717, 1.165) is 0 Å². The molecule has 2 rings (SSSR count). The van der Waals surface area contributed by atoms with Crippen molar-refractivity contribution in [3.05, 3.63) is 59.1 Å². The number of halogens is 2. The van der Waals surface area contributed by atoms with Crippen molar-refractivity contribution in [3.8, 4) is 0 Å². The molecule has 0 fully saturated rings. The van der Waals surface area contributed by atoms with E-state index in [1.165, 1.54) is 6.07 Å². The Hall–Kier alpha value is -2.08. The monoisotopic (exact) mass is 395 g/mol. The number of carbonyl (C=O) groups excluding carboxylic acids is 2. The van der Waals surface area contributed by atoms with Crippen LogP contribution in [0.3, 0.4) is 0 Å². The van der Waals surface area contributed by atoms with Crippen LogP contribution < -0.4 is 16.4 Å². The molecule has 0 heterocycles. The van der Waals surface area contributed by atoms with Gasteiger partial charge in [-0.2, -0.15) is 0 Å². The number of hydrogen-bond acceptors (Lipinski definition) is 3. The molecule has 0 aromatic heterocycles. The Bertz CT molecular complexity index is 774. The Labute approximate surface area is 164 Å². The Balaban J connectivity index is 0.00000338. The molecular formula is C19H23Cl2N3O2. The molecule has 0 aliphatic carbocycles. The van der Waals surface area contributed by atoms with Crippen LogP contribution in [0.5, 0.6) is 0 Å². The third kappa shape index (κ3) is 5.73. The highest BCUT2D eigenvalue weighted by molar-refractivity contribution is 6.34. The smallest absolute Gasteiger partial charge is 0.257 e. The van der Waals surface area contributed by atoms with Crippen molar-refractivity contribution in [1.82, 2.24) is 0 Å². The molecule has 0 spiro atoms. The molecule has 5 nitrogen and oxygen atoms in total. The van der Waals surface area contributed by atoms with Crippen LogP contribution in [0.1, 0.15) is 31.1 Å². The number of para-hydroxylation sites is 1. The minimum Gasteiger partial charge on any atom is -0.325 e. The fourth-order valence-electron chi connectivity index (χ4n) is 2.11. The molecule has 2 aromatic carbocycles. The largest absolute Gasteiger partial charge is 0.325 e. The number of rotatable bonds is 4. The molecule has 26 heavy (non-hydrogen) atoms. The average molecular weight is 396 g/mol. The van der Waals surface area contributed by atoms with Gasteiger partial charge in [0.2, 0.25) is 5.91 Å². The molecule has 140 valence electrons. The first-order chi connectivity index (χ1) is 11.7. The highest BCUT2D eigenvalue weighted by atomic mass is 35.5. The highest BCUT2D eigenvalue weighted by Gasteiger charge is 2.27. The van der Waals surface area contributed by atoms with Gasteiger partial charge >= 0.3 is 0 Å². The molecule has 2 amide bonds. The number of benzene rings is 2. The zero-order valence-electron chi connectivity index (χ0n) is 14.9. The first kappa shape index (κ1) is 22.0. The lowest BCUT2D eigenvalue weighted by molar-refractivity contribution is -0.119. The lowest BCUT2D eigenvalue weighted by atomic mass is 9.87. The Morgan fingerprint density at radius 2 is 1.62 bits per heavy atom. The van der Waals surface area contributed by atoms with E-state index in [2.05, 4.69) is 10.6 Å². The molecule has 1 atom stereocenters. The van der Waals surface area contributed by atoms with Gasteiger partial charge in [0.15, 0.2) is 0 Å². The summed E-state index contributed by atoms with van der Waals surface area (Å²) in [6.45, 7) is 5.66. The van der Waals surface area contributed by atoms with Crippen LogP contribution in [0.25, 0.3) is 0 Å². The van der Waals surface area contributed by atoms with Crippen molar-refractivity contribution in [2.45, 2.75) is 26.8 Å². The zero-order valence-corrected chi connectivity index (χ0v) is 16.4. The normalized spacial score (nSPS) is 11.9. The molecule has 0 unspecified atom stereocenters. The van der Waals surface area contributed by atoms with Gasteiger partial charge in [0.25, 0.3) is 5.91 Å². The third-order valence-electron chi connectivity index (χ3n) is 3.73. The lowest BCUT2D eigenvalue weighted by Crippen LogP contribution is -2.45. The van der Waals surface area contributed by atoms with Crippen molar-refractivity contribution >= 4 is 47.2 Å². The van der Waals surface area contributed by atoms with Crippen LogP contribution in [0, 0.1) is 5.41 Å². The van der Waals surface area contributed by atoms with Gasteiger partial charge in [-0.25, -0.2) is 0 Å². The number of nitrogens with one attached hydrogen (secondary N) is 2. The number of amides is 2. The second-order valence-electron chi connectivity index (χ2n) is 6.85. The molecule has 4 N–H and O–H groups in total. The SMILES string of the molecule is CC(C)(C)[C@H](N)C(=O)Nc1ccc(Cl)c(C(=O)Nc2ccccc2)c1.Cl. The predicted octanol–water partition coefficient (Wildman–Crippen LogP) is 4.33. The standard InChI is InChI=1S/C19H22ClN3O2.ClH/c1-19(2,3)16(21)18(25)23-13-9-10-15(20)14(11-13)17(24)22-12-7-5-4-6-8-12;/h4-11,16H,21H2,1-3H3,(H,22,24)(H,23,25);1H/t16-;/m1./s1. The van der Waals surface area contributed by atoms with E-state index in [1.54, 1.807) is 24.3 Å².